The molecule has 7 heteroatoms. The number of hydrazone groups is 1. The van der Waals surface area contributed by atoms with Crippen LogP contribution in [0, 0.1) is 13.8 Å². The van der Waals surface area contributed by atoms with Gasteiger partial charge in [-0.25, -0.2) is 14.8 Å². The summed E-state index contributed by atoms with van der Waals surface area (Å²) in [7, 11) is 1.78. The molecule has 3 aromatic rings. The highest BCUT2D eigenvalue weighted by atomic mass is 35.5. The molecule has 1 aromatic heterocycles. The Morgan fingerprint density at radius 3 is 2.70 bits per heavy atom. The average molecular weight is 400 g/mol. The van der Waals surface area contributed by atoms with Gasteiger partial charge in [-0.05, 0) is 26.0 Å². The molecule has 138 valence electrons. The van der Waals surface area contributed by atoms with E-state index >= 15 is 0 Å². The largest absolute Gasteiger partial charge is 0.478 e. The summed E-state index contributed by atoms with van der Waals surface area (Å²) in [6.07, 6.45) is 1.54. The minimum absolute atomic E-state index is 0.222. The maximum absolute atomic E-state index is 11.4. The Morgan fingerprint density at radius 1 is 1.26 bits per heavy atom. The fraction of sp³-hybridized carbons (Fsp3) is 0.150. The predicted octanol–water partition coefficient (Wildman–Crippen LogP) is 5.25. The normalized spacial score (nSPS) is 11.1. The molecule has 0 fully saturated rings. The zero-order chi connectivity index (χ0) is 19.6. The van der Waals surface area contributed by atoms with Crippen LogP contribution in [0.15, 0.2) is 47.6 Å². The summed E-state index contributed by atoms with van der Waals surface area (Å²) in [5.74, 6) is -0.978. The van der Waals surface area contributed by atoms with Crippen LogP contribution in [0.3, 0.4) is 0 Å². The van der Waals surface area contributed by atoms with E-state index in [4.69, 9.17) is 11.6 Å². The summed E-state index contributed by atoms with van der Waals surface area (Å²) >= 11 is 7.79. The van der Waals surface area contributed by atoms with E-state index in [1.165, 1.54) is 17.6 Å². The number of rotatable bonds is 5. The first kappa shape index (κ1) is 19.1. The van der Waals surface area contributed by atoms with Crippen molar-refractivity contribution in [2.45, 2.75) is 13.8 Å². The molecule has 0 atom stereocenters. The van der Waals surface area contributed by atoms with E-state index in [0.29, 0.717) is 15.7 Å². The summed E-state index contributed by atoms with van der Waals surface area (Å²) in [6.45, 7) is 3.84. The van der Waals surface area contributed by atoms with Crippen molar-refractivity contribution in [3.63, 3.8) is 0 Å². The molecule has 2 aromatic carbocycles. The molecule has 0 aliphatic heterocycles. The SMILES string of the molecule is Cc1ccc(/C=N/N(C)c2nc(-c3ccccc3Cl)c(C)s2)c(C(=O)O)c1. The highest BCUT2D eigenvalue weighted by Gasteiger charge is 2.15. The van der Waals surface area contributed by atoms with Crippen LogP contribution in [0.2, 0.25) is 5.02 Å². The van der Waals surface area contributed by atoms with Gasteiger partial charge in [-0.2, -0.15) is 5.10 Å². The van der Waals surface area contributed by atoms with Crippen molar-refractivity contribution in [3.8, 4) is 11.3 Å². The van der Waals surface area contributed by atoms with E-state index in [2.05, 4.69) is 10.1 Å². The second-order valence-corrected chi connectivity index (χ2v) is 7.63. The molecule has 1 heterocycles. The van der Waals surface area contributed by atoms with Crippen LogP contribution in [0.4, 0.5) is 5.13 Å². The van der Waals surface area contributed by atoms with Crippen LogP contribution in [0.25, 0.3) is 11.3 Å². The van der Waals surface area contributed by atoms with Gasteiger partial charge in [0.2, 0.25) is 5.13 Å². The minimum Gasteiger partial charge on any atom is -0.478 e. The van der Waals surface area contributed by atoms with Crippen molar-refractivity contribution in [2.24, 2.45) is 5.10 Å². The maximum atomic E-state index is 11.4. The molecular formula is C20H18ClN3O2S. The molecule has 0 amide bonds. The Kier molecular flexibility index (Phi) is 5.58. The van der Waals surface area contributed by atoms with Crippen LogP contribution in [0.1, 0.15) is 26.4 Å². The molecule has 1 N–H and O–H groups in total. The van der Waals surface area contributed by atoms with Gasteiger partial charge in [0.1, 0.15) is 0 Å². The van der Waals surface area contributed by atoms with E-state index in [1.54, 1.807) is 24.2 Å². The van der Waals surface area contributed by atoms with Crippen LogP contribution >= 0.6 is 22.9 Å². The zero-order valence-electron chi connectivity index (χ0n) is 15.1. The fourth-order valence-corrected chi connectivity index (χ4v) is 3.66. The first-order chi connectivity index (χ1) is 12.9. The van der Waals surface area contributed by atoms with Crippen LogP contribution < -0.4 is 5.01 Å². The Bertz CT molecular complexity index is 1030. The molecule has 3 rings (SSSR count). The predicted molar refractivity (Wildman–Crippen MR) is 111 cm³/mol. The number of anilines is 1. The lowest BCUT2D eigenvalue weighted by atomic mass is 10.1. The average Bonchev–Trinajstić information content (AvgIpc) is 3.02. The second-order valence-electron chi connectivity index (χ2n) is 6.05. The molecule has 0 aliphatic rings. The van der Waals surface area contributed by atoms with Gasteiger partial charge < -0.3 is 5.11 Å². The number of aryl methyl sites for hydroxylation is 2. The highest BCUT2D eigenvalue weighted by molar-refractivity contribution is 7.16. The number of aromatic carboxylic acids is 1. The van der Waals surface area contributed by atoms with E-state index in [-0.39, 0.29) is 5.56 Å². The Morgan fingerprint density at radius 2 is 2.00 bits per heavy atom. The van der Waals surface area contributed by atoms with Gasteiger partial charge in [0.05, 0.1) is 17.5 Å². The number of aromatic nitrogens is 1. The molecule has 0 saturated carbocycles. The van der Waals surface area contributed by atoms with E-state index in [1.807, 2.05) is 44.2 Å². The van der Waals surface area contributed by atoms with Crippen molar-refractivity contribution in [2.75, 3.05) is 12.1 Å². The smallest absolute Gasteiger partial charge is 0.336 e. The molecular weight excluding hydrogens is 382 g/mol. The molecule has 5 nitrogen and oxygen atoms in total. The fourth-order valence-electron chi connectivity index (χ4n) is 2.59. The van der Waals surface area contributed by atoms with Crippen molar-refractivity contribution >= 4 is 40.3 Å². The van der Waals surface area contributed by atoms with Gasteiger partial charge in [-0.15, -0.1) is 0 Å². The molecule has 27 heavy (non-hydrogen) atoms. The summed E-state index contributed by atoms with van der Waals surface area (Å²) < 4.78 is 0. The summed E-state index contributed by atoms with van der Waals surface area (Å²) in [4.78, 5) is 17.1. The first-order valence-corrected chi connectivity index (χ1v) is 9.40. The van der Waals surface area contributed by atoms with E-state index in [0.717, 1.165) is 21.7 Å². The minimum atomic E-state index is -0.978. The van der Waals surface area contributed by atoms with Crippen molar-refractivity contribution in [3.05, 3.63) is 69.1 Å². The van der Waals surface area contributed by atoms with Crippen LogP contribution in [-0.4, -0.2) is 29.3 Å². The molecule has 0 saturated heterocycles. The van der Waals surface area contributed by atoms with Gasteiger partial charge in [0.25, 0.3) is 0 Å². The number of benzene rings is 2. The lowest BCUT2D eigenvalue weighted by Crippen LogP contribution is -2.10. The third-order valence-electron chi connectivity index (χ3n) is 4.00. The Labute approximate surface area is 166 Å². The number of hydrogen-bond acceptors (Lipinski definition) is 5. The van der Waals surface area contributed by atoms with Gasteiger partial charge in [-0.3, -0.25) is 0 Å². The maximum Gasteiger partial charge on any atom is 0.336 e. The van der Waals surface area contributed by atoms with Crippen molar-refractivity contribution < 1.29 is 9.90 Å². The van der Waals surface area contributed by atoms with Gasteiger partial charge >= 0.3 is 5.97 Å². The third kappa shape index (κ3) is 4.18. The first-order valence-electron chi connectivity index (χ1n) is 8.21. The van der Waals surface area contributed by atoms with Gasteiger partial charge in [0.15, 0.2) is 0 Å². The molecule has 0 bridgehead atoms. The van der Waals surface area contributed by atoms with E-state index < -0.39 is 5.97 Å². The number of carboxylic acid groups (broad SMARTS) is 1. The highest BCUT2D eigenvalue weighted by Crippen LogP contribution is 2.35. The number of carboxylic acids is 1. The van der Waals surface area contributed by atoms with Gasteiger partial charge in [0, 0.05) is 28.1 Å². The number of nitrogens with zero attached hydrogens (tertiary/aromatic N) is 3. The van der Waals surface area contributed by atoms with Crippen LogP contribution in [0.5, 0.6) is 0 Å². The van der Waals surface area contributed by atoms with Gasteiger partial charge in [-0.1, -0.05) is 58.8 Å². The topological polar surface area (TPSA) is 65.8 Å². The standard InChI is InChI=1S/C20H18ClN3O2S/c1-12-8-9-14(16(10-12)19(25)26)11-22-24(3)20-23-18(13(2)27-20)15-6-4-5-7-17(15)21/h4-11H,1-3H3,(H,25,26)/b22-11+. The Balaban J connectivity index is 1.89. The van der Waals surface area contributed by atoms with E-state index in [9.17, 15) is 9.90 Å². The molecule has 0 radical (unpaired) electrons. The molecule has 0 aliphatic carbocycles. The number of thiazole rings is 1. The summed E-state index contributed by atoms with van der Waals surface area (Å²) in [6, 6.07) is 12.8. The molecule has 0 spiro atoms. The summed E-state index contributed by atoms with van der Waals surface area (Å²) in [5.41, 5.74) is 3.35. The lowest BCUT2D eigenvalue weighted by Gasteiger charge is -2.09. The van der Waals surface area contributed by atoms with Crippen LogP contribution in [-0.2, 0) is 0 Å². The summed E-state index contributed by atoms with van der Waals surface area (Å²) in [5, 5.41) is 16.7. The second kappa shape index (κ2) is 7.90. The van der Waals surface area contributed by atoms with Crippen molar-refractivity contribution in [1.82, 2.24) is 4.98 Å². The zero-order valence-corrected chi connectivity index (χ0v) is 16.7. The Hall–Kier alpha value is -2.70. The number of hydrogen-bond donors (Lipinski definition) is 1. The number of halogens is 1. The third-order valence-corrected chi connectivity index (χ3v) is 5.37. The number of carbonyl (C=O) groups is 1. The quantitative estimate of drug-likeness (QED) is 0.470. The molecule has 0 unspecified atom stereocenters. The monoisotopic (exact) mass is 399 g/mol. The lowest BCUT2D eigenvalue weighted by molar-refractivity contribution is 0.0696. The van der Waals surface area contributed by atoms with Crippen molar-refractivity contribution in [1.29, 1.82) is 0 Å².